The minimum Gasteiger partial charge on any atom is -0.371 e. The van der Waals surface area contributed by atoms with Gasteiger partial charge < -0.3 is 16.0 Å². The highest BCUT2D eigenvalue weighted by atomic mass is 16.1. The number of carbonyl (C=O) groups is 1. The van der Waals surface area contributed by atoms with E-state index in [2.05, 4.69) is 22.3 Å². The minimum absolute atomic E-state index is 0.0227. The predicted molar refractivity (Wildman–Crippen MR) is 81.8 cm³/mol. The van der Waals surface area contributed by atoms with Gasteiger partial charge in [0, 0.05) is 30.5 Å². The first kappa shape index (κ1) is 13.4. The number of nitrogens with one attached hydrogen (secondary N) is 1. The van der Waals surface area contributed by atoms with Crippen LogP contribution < -0.4 is 16.0 Å². The van der Waals surface area contributed by atoms with Crippen molar-refractivity contribution in [1.29, 1.82) is 0 Å². The van der Waals surface area contributed by atoms with Gasteiger partial charge in [0.25, 0.3) is 0 Å². The molecule has 0 radical (unpaired) electrons. The Morgan fingerprint density at radius 2 is 2.00 bits per heavy atom. The summed E-state index contributed by atoms with van der Waals surface area (Å²) in [5.41, 5.74) is 8.09. The Labute approximate surface area is 120 Å². The summed E-state index contributed by atoms with van der Waals surface area (Å²) in [7, 11) is 0. The van der Waals surface area contributed by atoms with Gasteiger partial charge in [0.2, 0.25) is 5.91 Å². The summed E-state index contributed by atoms with van der Waals surface area (Å²) >= 11 is 0. The molecule has 2 atom stereocenters. The molecule has 1 aliphatic carbocycles. The standard InChI is InChI=1S/C16H23N3O/c17-15-8-4-7-14(15)16(20)18-12-5-3-6-13(11-12)19-9-1-2-10-19/h3,5-6,11,14-15H,1-2,4,7-10,17H2,(H,18,20). The van der Waals surface area contributed by atoms with Crippen LogP contribution in [0.2, 0.25) is 0 Å². The van der Waals surface area contributed by atoms with Gasteiger partial charge in [-0.3, -0.25) is 4.79 Å². The lowest BCUT2D eigenvalue weighted by Gasteiger charge is -2.19. The normalized spacial score (nSPS) is 25.9. The zero-order chi connectivity index (χ0) is 13.9. The second-order valence-electron chi connectivity index (χ2n) is 5.93. The van der Waals surface area contributed by atoms with E-state index in [1.54, 1.807) is 0 Å². The van der Waals surface area contributed by atoms with E-state index in [-0.39, 0.29) is 17.9 Å². The third kappa shape index (κ3) is 2.80. The molecule has 3 N–H and O–H groups in total. The highest BCUT2D eigenvalue weighted by Crippen LogP contribution is 2.27. The number of nitrogens with two attached hydrogens (primary N) is 1. The van der Waals surface area contributed by atoms with Crippen molar-refractivity contribution in [3.8, 4) is 0 Å². The maximum Gasteiger partial charge on any atom is 0.229 e. The van der Waals surface area contributed by atoms with Crippen molar-refractivity contribution in [3.63, 3.8) is 0 Å². The Kier molecular flexibility index (Phi) is 3.92. The Morgan fingerprint density at radius 3 is 2.70 bits per heavy atom. The maximum atomic E-state index is 12.3. The Morgan fingerprint density at radius 1 is 1.20 bits per heavy atom. The molecule has 0 bridgehead atoms. The lowest BCUT2D eigenvalue weighted by molar-refractivity contribution is -0.120. The van der Waals surface area contributed by atoms with Crippen molar-refractivity contribution in [2.24, 2.45) is 11.7 Å². The molecule has 1 amide bonds. The number of hydrogen-bond acceptors (Lipinski definition) is 3. The highest BCUT2D eigenvalue weighted by molar-refractivity contribution is 5.93. The monoisotopic (exact) mass is 273 g/mol. The summed E-state index contributed by atoms with van der Waals surface area (Å²) in [6.07, 6.45) is 5.46. The summed E-state index contributed by atoms with van der Waals surface area (Å²) in [6.45, 7) is 2.23. The van der Waals surface area contributed by atoms with E-state index in [0.29, 0.717) is 0 Å². The number of rotatable bonds is 3. The zero-order valence-corrected chi connectivity index (χ0v) is 11.8. The molecule has 0 aromatic heterocycles. The molecule has 1 heterocycles. The van der Waals surface area contributed by atoms with Crippen LogP contribution in [0.15, 0.2) is 24.3 Å². The first-order chi connectivity index (χ1) is 9.74. The number of benzene rings is 1. The van der Waals surface area contributed by atoms with E-state index in [1.165, 1.54) is 18.5 Å². The second kappa shape index (κ2) is 5.83. The molecule has 2 unspecified atom stereocenters. The quantitative estimate of drug-likeness (QED) is 0.889. The summed E-state index contributed by atoms with van der Waals surface area (Å²) in [6, 6.07) is 8.18. The lowest BCUT2D eigenvalue weighted by atomic mass is 10.0. The van der Waals surface area contributed by atoms with Gasteiger partial charge in [0.1, 0.15) is 0 Å². The van der Waals surface area contributed by atoms with Gasteiger partial charge in [-0.05, 0) is 43.9 Å². The summed E-state index contributed by atoms with van der Waals surface area (Å²) in [4.78, 5) is 14.6. The van der Waals surface area contributed by atoms with Crippen LogP contribution in [0.4, 0.5) is 11.4 Å². The largest absolute Gasteiger partial charge is 0.371 e. The van der Waals surface area contributed by atoms with Crippen molar-refractivity contribution in [1.82, 2.24) is 0 Å². The van der Waals surface area contributed by atoms with Crippen molar-refractivity contribution in [2.75, 3.05) is 23.3 Å². The smallest absolute Gasteiger partial charge is 0.229 e. The van der Waals surface area contributed by atoms with Crippen molar-refractivity contribution >= 4 is 17.3 Å². The highest BCUT2D eigenvalue weighted by Gasteiger charge is 2.30. The van der Waals surface area contributed by atoms with Crippen LogP contribution in [0.25, 0.3) is 0 Å². The minimum atomic E-state index is -0.0227. The molecule has 1 aliphatic heterocycles. The molecular formula is C16H23N3O. The van der Waals surface area contributed by atoms with E-state index in [4.69, 9.17) is 5.73 Å². The molecule has 1 aromatic rings. The van der Waals surface area contributed by atoms with E-state index in [9.17, 15) is 4.79 Å². The van der Waals surface area contributed by atoms with Gasteiger partial charge in [-0.15, -0.1) is 0 Å². The number of amides is 1. The number of anilines is 2. The van der Waals surface area contributed by atoms with Crippen LogP contribution in [0.3, 0.4) is 0 Å². The van der Waals surface area contributed by atoms with Crippen molar-refractivity contribution < 1.29 is 4.79 Å². The summed E-state index contributed by atoms with van der Waals surface area (Å²) < 4.78 is 0. The molecule has 2 aliphatic rings. The van der Waals surface area contributed by atoms with Gasteiger partial charge in [-0.2, -0.15) is 0 Å². The maximum absolute atomic E-state index is 12.3. The Bertz CT molecular complexity index is 482. The Balaban J connectivity index is 1.67. The average molecular weight is 273 g/mol. The van der Waals surface area contributed by atoms with E-state index in [1.807, 2.05) is 12.1 Å². The van der Waals surface area contributed by atoms with Crippen LogP contribution in [0.1, 0.15) is 32.1 Å². The van der Waals surface area contributed by atoms with Crippen LogP contribution >= 0.6 is 0 Å². The lowest BCUT2D eigenvalue weighted by Crippen LogP contribution is -2.34. The van der Waals surface area contributed by atoms with Gasteiger partial charge >= 0.3 is 0 Å². The molecule has 2 fully saturated rings. The fourth-order valence-electron chi connectivity index (χ4n) is 3.30. The predicted octanol–water partition coefficient (Wildman–Crippen LogP) is 2.35. The summed E-state index contributed by atoms with van der Waals surface area (Å²) in [5.74, 6) is 0.0546. The molecule has 3 rings (SSSR count). The topological polar surface area (TPSA) is 58.4 Å². The molecule has 20 heavy (non-hydrogen) atoms. The van der Waals surface area contributed by atoms with E-state index in [0.717, 1.165) is 38.0 Å². The van der Waals surface area contributed by atoms with Gasteiger partial charge in [-0.25, -0.2) is 0 Å². The average Bonchev–Trinajstić information content (AvgIpc) is 3.09. The molecular weight excluding hydrogens is 250 g/mol. The van der Waals surface area contributed by atoms with E-state index >= 15 is 0 Å². The van der Waals surface area contributed by atoms with Crippen LogP contribution in [0.5, 0.6) is 0 Å². The van der Waals surface area contributed by atoms with Gasteiger partial charge in [0.05, 0.1) is 5.92 Å². The third-order valence-corrected chi connectivity index (χ3v) is 4.49. The Hall–Kier alpha value is -1.55. The molecule has 1 aromatic carbocycles. The third-order valence-electron chi connectivity index (χ3n) is 4.49. The van der Waals surface area contributed by atoms with Crippen LogP contribution in [-0.4, -0.2) is 25.0 Å². The van der Waals surface area contributed by atoms with Crippen molar-refractivity contribution in [2.45, 2.75) is 38.1 Å². The van der Waals surface area contributed by atoms with Crippen molar-refractivity contribution in [3.05, 3.63) is 24.3 Å². The molecule has 108 valence electrons. The zero-order valence-electron chi connectivity index (χ0n) is 11.8. The molecule has 1 saturated heterocycles. The number of nitrogens with zero attached hydrogens (tertiary/aromatic N) is 1. The van der Waals surface area contributed by atoms with Crippen LogP contribution in [0, 0.1) is 5.92 Å². The van der Waals surface area contributed by atoms with Gasteiger partial charge in [-0.1, -0.05) is 12.5 Å². The molecule has 1 saturated carbocycles. The second-order valence-corrected chi connectivity index (χ2v) is 5.93. The van der Waals surface area contributed by atoms with Gasteiger partial charge in [0.15, 0.2) is 0 Å². The van der Waals surface area contributed by atoms with E-state index < -0.39 is 0 Å². The first-order valence-electron chi connectivity index (χ1n) is 7.65. The first-order valence-corrected chi connectivity index (χ1v) is 7.65. The fraction of sp³-hybridized carbons (Fsp3) is 0.562. The molecule has 4 nitrogen and oxygen atoms in total. The fourth-order valence-corrected chi connectivity index (χ4v) is 3.30. The number of carbonyl (C=O) groups excluding carboxylic acids is 1. The summed E-state index contributed by atoms with van der Waals surface area (Å²) in [5, 5.41) is 3.03. The SMILES string of the molecule is NC1CCCC1C(=O)Nc1cccc(N2CCCC2)c1. The number of hydrogen-bond donors (Lipinski definition) is 2. The van der Waals surface area contributed by atoms with Crippen LogP contribution in [-0.2, 0) is 4.79 Å². The molecule has 4 heteroatoms. The molecule has 0 spiro atoms.